The van der Waals surface area contributed by atoms with Crippen molar-refractivity contribution in [2.45, 2.75) is 32.4 Å². The lowest BCUT2D eigenvalue weighted by Gasteiger charge is -2.09. The molecular formula is C19H22N2. The molecule has 0 bridgehead atoms. The fourth-order valence-corrected chi connectivity index (χ4v) is 2.82. The first-order chi connectivity index (χ1) is 10.2. The molecular weight excluding hydrogens is 256 g/mol. The van der Waals surface area contributed by atoms with Crippen molar-refractivity contribution < 1.29 is 0 Å². The number of rotatable bonds is 5. The highest BCUT2D eigenvalue weighted by molar-refractivity contribution is 5.80. The van der Waals surface area contributed by atoms with E-state index in [-0.39, 0.29) is 6.04 Å². The molecule has 1 heterocycles. The summed E-state index contributed by atoms with van der Waals surface area (Å²) in [6, 6.07) is 19.7. The van der Waals surface area contributed by atoms with Crippen molar-refractivity contribution in [2.24, 2.45) is 5.73 Å². The van der Waals surface area contributed by atoms with Crippen LogP contribution in [0.3, 0.4) is 0 Å². The minimum absolute atomic E-state index is 0.204. The Hall–Kier alpha value is -2.06. The summed E-state index contributed by atoms with van der Waals surface area (Å²) in [7, 11) is 0. The van der Waals surface area contributed by atoms with Crippen LogP contribution in [0.1, 0.15) is 18.1 Å². The molecule has 2 N–H and O–H groups in total. The molecule has 2 aromatic carbocycles. The summed E-state index contributed by atoms with van der Waals surface area (Å²) < 4.78 is 2.34. The second-order valence-corrected chi connectivity index (χ2v) is 5.82. The molecule has 0 fully saturated rings. The normalized spacial score (nSPS) is 12.7. The lowest BCUT2D eigenvalue weighted by Crippen LogP contribution is -2.17. The molecule has 1 aromatic heterocycles. The van der Waals surface area contributed by atoms with E-state index in [1.807, 2.05) is 0 Å². The van der Waals surface area contributed by atoms with Gasteiger partial charge in [-0.25, -0.2) is 0 Å². The van der Waals surface area contributed by atoms with Crippen molar-refractivity contribution in [1.82, 2.24) is 4.57 Å². The molecule has 2 nitrogen and oxygen atoms in total. The van der Waals surface area contributed by atoms with E-state index in [2.05, 4.69) is 72.3 Å². The molecule has 0 saturated heterocycles. The van der Waals surface area contributed by atoms with E-state index >= 15 is 0 Å². The van der Waals surface area contributed by atoms with E-state index in [9.17, 15) is 0 Å². The highest BCUT2D eigenvalue weighted by Gasteiger charge is 2.04. The summed E-state index contributed by atoms with van der Waals surface area (Å²) in [5.41, 5.74) is 9.92. The number of benzene rings is 2. The lowest BCUT2D eigenvalue weighted by molar-refractivity contribution is 0.719. The number of nitrogens with two attached hydrogens (primary N) is 1. The van der Waals surface area contributed by atoms with E-state index in [1.54, 1.807) is 0 Å². The van der Waals surface area contributed by atoms with Crippen LogP contribution in [0.25, 0.3) is 10.9 Å². The van der Waals surface area contributed by atoms with E-state index in [4.69, 9.17) is 5.73 Å². The van der Waals surface area contributed by atoms with Crippen LogP contribution in [0.15, 0.2) is 60.8 Å². The molecule has 0 saturated carbocycles. The van der Waals surface area contributed by atoms with E-state index < -0.39 is 0 Å². The van der Waals surface area contributed by atoms with Gasteiger partial charge in [-0.1, -0.05) is 42.5 Å². The summed E-state index contributed by atoms with van der Waals surface area (Å²) in [4.78, 5) is 0. The van der Waals surface area contributed by atoms with Crippen LogP contribution in [-0.2, 0) is 19.4 Å². The first-order valence-electron chi connectivity index (χ1n) is 7.59. The largest absolute Gasteiger partial charge is 0.347 e. The maximum Gasteiger partial charge on any atom is 0.0483 e. The van der Waals surface area contributed by atoms with Crippen molar-refractivity contribution >= 4 is 10.9 Å². The van der Waals surface area contributed by atoms with E-state index in [1.165, 1.54) is 22.0 Å². The molecule has 3 aromatic rings. The van der Waals surface area contributed by atoms with Gasteiger partial charge in [0, 0.05) is 24.3 Å². The van der Waals surface area contributed by atoms with Crippen LogP contribution in [0.2, 0.25) is 0 Å². The van der Waals surface area contributed by atoms with Gasteiger partial charge in [0.2, 0.25) is 0 Å². The number of hydrogen-bond donors (Lipinski definition) is 1. The molecule has 0 amide bonds. The Balaban J connectivity index is 1.81. The van der Waals surface area contributed by atoms with Crippen LogP contribution < -0.4 is 5.73 Å². The van der Waals surface area contributed by atoms with Crippen LogP contribution in [0.4, 0.5) is 0 Å². The molecule has 1 atom stereocenters. The van der Waals surface area contributed by atoms with Crippen LogP contribution >= 0.6 is 0 Å². The maximum absolute atomic E-state index is 5.91. The number of aryl methyl sites for hydroxylation is 2. The summed E-state index contributed by atoms with van der Waals surface area (Å²) in [5.74, 6) is 0. The van der Waals surface area contributed by atoms with E-state index in [0.717, 1.165) is 19.4 Å². The smallest absolute Gasteiger partial charge is 0.0483 e. The van der Waals surface area contributed by atoms with Gasteiger partial charge in [-0.3, -0.25) is 0 Å². The molecule has 21 heavy (non-hydrogen) atoms. The maximum atomic E-state index is 5.91. The average Bonchev–Trinajstić information content (AvgIpc) is 2.88. The van der Waals surface area contributed by atoms with Crippen molar-refractivity contribution in [2.75, 3.05) is 0 Å². The molecule has 108 valence electrons. The molecule has 2 heteroatoms. The molecule has 0 radical (unpaired) electrons. The molecule has 0 aliphatic carbocycles. The Morgan fingerprint density at radius 1 is 1.00 bits per heavy atom. The number of nitrogens with zero attached hydrogens (tertiary/aromatic N) is 1. The van der Waals surface area contributed by atoms with Gasteiger partial charge < -0.3 is 10.3 Å². The Kier molecular flexibility index (Phi) is 4.07. The Morgan fingerprint density at radius 2 is 1.81 bits per heavy atom. The highest BCUT2D eigenvalue weighted by atomic mass is 14.9. The minimum Gasteiger partial charge on any atom is -0.347 e. The van der Waals surface area contributed by atoms with Crippen molar-refractivity contribution in [1.29, 1.82) is 0 Å². The zero-order chi connectivity index (χ0) is 14.7. The predicted molar refractivity (Wildman–Crippen MR) is 89.4 cm³/mol. The fraction of sp³-hybridized carbons (Fsp3) is 0.263. The topological polar surface area (TPSA) is 30.9 Å². The summed E-state index contributed by atoms with van der Waals surface area (Å²) in [6.07, 6.45) is 4.17. The molecule has 0 spiro atoms. The van der Waals surface area contributed by atoms with Gasteiger partial charge >= 0.3 is 0 Å². The van der Waals surface area contributed by atoms with E-state index in [0.29, 0.717) is 0 Å². The highest BCUT2D eigenvalue weighted by Crippen LogP contribution is 2.19. The second kappa shape index (κ2) is 6.15. The quantitative estimate of drug-likeness (QED) is 0.756. The number of hydrogen-bond acceptors (Lipinski definition) is 1. The fourth-order valence-electron chi connectivity index (χ4n) is 2.82. The van der Waals surface area contributed by atoms with Gasteiger partial charge in [0.25, 0.3) is 0 Å². The van der Waals surface area contributed by atoms with Gasteiger partial charge in [-0.05, 0) is 48.4 Å². The van der Waals surface area contributed by atoms with Gasteiger partial charge in [-0.15, -0.1) is 0 Å². The zero-order valence-electron chi connectivity index (χ0n) is 12.5. The van der Waals surface area contributed by atoms with Gasteiger partial charge in [0.15, 0.2) is 0 Å². The molecule has 3 rings (SSSR count). The first-order valence-corrected chi connectivity index (χ1v) is 7.59. The average molecular weight is 278 g/mol. The van der Waals surface area contributed by atoms with Crippen molar-refractivity contribution in [3.8, 4) is 0 Å². The molecule has 0 aliphatic heterocycles. The number of fused-ring (bicyclic) bond motifs is 1. The van der Waals surface area contributed by atoms with Gasteiger partial charge in [0.05, 0.1) is 0 Å². The Labute approximate surface area is 126 Å². The van der Waals surface area contributed by atoms with Crippen LogP contribution in [0.5, 0.6) is 0 Å². The minimum atomic E-state index is 0.204. The number of aromatic nitrogens is 1. The summed E-state index contributed by atoms with van der Waals surface area (Å²) in [6.45, 7) is 3.06. The molecule has 0 aliphatic rings. The zero-order valence-corrected chi connectivity index (χ0v) is 12.5. The SMILES string of the molecule is CC(N)Cc1ccc2ccn(CCc3ccccc3)c2c1. The Morgan fingerprint density at radius 3 is 2.57 bits per heavy atom. The summed E-state index contributed by atoms with van der Waals surface area (Å²) in [5, 5.41) is 1.30. The molecule has 1 unspecified atom stereocenters. The van der Waals surface area contributed by atoms with Crippen LogP contribution in [0, 0.1) is 0 Å². The van der Waals surface area contributed by atoms with Crippen LogP contribution in [-0.4, -0.2) is 10.6 Å². The third-order valence-electron chi connectivity index (χ3n) is 3.88. The third-order valence-corrected chi connectivity index (χ3v) is 3.88. The Bertz CT molecular complexity index is 711. The second-order valence-electron chi connectivity index (χ2n) is 5.82. The lowest BCUT2D eigenvalue weighted by atomic mass is 10.1. The summed E-state index contributed by atoms with van der Waals surface area (Å²) >= 11 is 0. The van der Waals surface area contributed by atoms with Crippen molar-refractivity contribution in [3.63, 3.8) is 0 Å². The van der Waals surface area contributed by atoms with Crippen molar-refractivity contribution in [3.05, 3.63) is 71.9 Å². The van der Waals surface area contributed by atoms with Gasteiger partial charge in [0.1, 0.15) is 0 Å². The third kappa shape index (κ3) is 3.34. The first kappa shape index (κ1) is 13.9. The monoisotopic (exact) mass is 278 g/mol. The standard InChI is InChI=1S/C19H22N2/c1-15(20)13-17-7-8-18-10-12-21(19(18)14-17)11-9-16-5-3-2-4-6-16/h2-8,10,12,14-15H,9,11,13,20H2,1H3. The predicted octanol–water partition coefficient (Wildman–Crippen LogP) is 3.77. The van der Waals surface area contributed by atoms with Gasteiger partial charge in [-0.2, -0.15) is 0 Å².